The molecule has 0 radical (unpaired) electrons. The Morgan fingerprint density at radius 1 is 1.45 bits per heavy atom. The van der Waals surface area contributed by atoms with Gasteiger partial charge in [0.2, 0.25) is 5.88 Å². The molecule has 1 N–H and O–H groups in total. The second-order valence-electron chi connectivity index (χ2n) is 1.99. The number of ether oxygens (including phenoxy) is 1. The number of hydrogen-bond donors (Lipinski definition) is 1. The number of rotatable bonds is 1. The minimum Gasteiger partial charge on any atom is -0.480 e. The van der Waals surface area contributed by atoms with Gasteiger partial charge in [-0.1, -0.05) is 0 Å². The number of aromatic nitrogens is 4. The summed E-state index contributed by atoms with van der Waals surface area (Å²) in [5.74, 6) is 0.488. The third kappa shape index (κ3) is 0.899. The highest BCUT2D eigenvalue weighted by Gasteiger charge is 1.99. The summed E-state index contributed by atoms with van der Waals surface area (Å²) in [6.07, 6.45) is 3.08. The van der Waals surface area contributed by atoms with Gasteiger partial charge in [-0.15, -0.1) is 0 Å². The van der Waals surface area contributed by atoms with Gasteiger partial charge in [0.15, 0.2) is 11.3 Å². The number of nitrogens with zero attached hydrogens (tertiary/aromatic N) is 3. The van der Waals surface area contributed by atoms with Crippen LogP contribution >= 0.6 is 0 Å². The van der Waals surface area contributed by atoms with Crippen molar-refractivity contribution in [3.05, 3.63) is 12.5 Å². The molecule has 2 aromatic heterocycles. The van der Waals surface area contributed by atoms with Gasteiger partial charge in [0, 0.05) is 0 Å². The predicted molar refractivity (Wildman–Crippen MR) is 38.2 cm³/mol. The average Bonchev–Trinajstić information content (AvgIpc) is 2.50. The van der Waals surface area contributed by atoms with Crippen LogP contribution in [0.1, 0.15) is 0 Å². The van der Waals surface area contributed by atoms with Crippen LogP contribution in [-0.2, 0) is 0 Å². The van der Waals surface area contributed by atoms with Gasteiger partial charge in [0.25, 0.3) is 0 Å². The normalized spacial score (nSPS) is 10.3. The lowest BCUT2D eigenvalue weighted by atomic mass is 10.6. The molecule has 5 heteroatoms. The second kappa shape index (κ2) is 2.19. The topological polar surface area (TPSA) is 63.7 Å². The SMILES string of the molecule is COc1cnc2nc[nH]c2n1. The summed E-state index contributed by atoms with van der Waals surface area (Å²) in [5.41, 5.74) is 1.25. The molecule has 0 fully saturated rings. The predicted octanol–water partition coefficient (Wildman–Crippen LogP) is 0.361. The molecule has 0 amide bonds. The number of aromatic amines is 1. The van der Waals surface area contributed by atoms with Crippen molar-refractivity contribution in [3.8, 4) is 5.88 Å². The highest BCUT2D eigenvalue weighted by Crippen LogP contribution is 2.07. The molecule has 0 atom stereocenters. The van der Waals surface area contributed by atoms with Gasteiger partial charge in [-0.3, -0.25) is 0 Å². The number of nitrogens with one attached hydrogen (secondary N) is 1. The first-order valence-electron chi connectivity index (χ1n) is 3.10. The van der Waals surface area contributed by atoms with Crippen LogP contribution in [0.15, 0.2) is 12.5 Å². The van der Waals surface area contributed by atoms with E-state index in [1.165, 1.54) is 6.20 Å². The molecule has 0 spiro atoms. The fraction of sp³-hybridized carbons (Fsp3) is 0.167. The molecular formula is C6H6N4O. The van der Waals surface area contributed by atoms with E-state index >= 15 is 0 Å². The van der Waals surface area contributed by atoms with E-state index in [0.717, 1.165) is 0 Å². The van der Waals surface area contributed by atoms with E-state index in [1.807, 2.05) is 0 Å². The van der Waals surface area contributed by atoms with Gasteiger partial charge in [0.05, 0.1) is 19.6 Å². The van der Waals surface area contributed by atoms with E-state index in [0.29, 0.717) is 17.2 Å². The Bertz CT molecular complexity index is 369. The molecule has 2 rings (SSSR count). The largest absolute Gasteiger partial charge is 0.480 e. The minimum atomic E-state index is 0.488. The van der Waals surface area contributed by atoms with Crippen molar-refractivity contribution < 1.29 is 4.74 Å². The Hall–Kier alpha value is -1.65. The van der Waals surface area contributed by atoms with Crippen LogP contribution < -0.4 is 4.74 Å². The quantitative estimate of drug-likeness (QED) is 0.637. The number of methoxy groups -OCH3 is 1. The molecule has 0 bridgehead atoms. The first-order valence-corrected chi connectivity index (χ1v) is 3.10. The van der Waals surface area contributed by atoms with Gasteiger partial charge < -0.3 is 9.72 Å². The number of imidazole rings is 1. The van der Waals surface area contributed by atoms with Gasteiger partial charge in [-0.2, -0.15) is 4.98 Å². The molecule has 0 aliphatic rings. The molecule has 2 heterocycles. The molecule has 0 saturated heterocycles. The zero-order chi connectivity index (χ0) is 7.68. The van der Waals surface area contributed by atoms with E-state index in [-0.39, 0.29) is 0 Å². The third-order valence-electron chi connectivity index (χ3n) is 1.33. The van der Waals surface area contributed by atoms with Crippen molar-refractivity contribution in [2.24, 2.45) is 0 Å². The van der Waals surface area contributed by atoms with Crippen LogP contribution in [0.4, 0.5) is 0 Å². The Morgan fingerprint density at radius 2 is 2.36 bits per heavy atom. The first kappa shape index (κ1) is 6.09. The van der Waals surface area contributed by atoms with Crippen molar-refractivity contribution in [3.63, 3.8) is 0 Å². The monoisotopic (exact) mass is 150 g/mol. The summed E-state index contributed by atoms with van der Waals surface area (Å²) in [6, 6.07) is 0. The van der Waals surface area contributed by atoms with Crippen LogP contribution in [0.25, 0.3) is 11.3 Å². The standard InChI is InChI=1S/C6H6N4O/c1-11-4-2-7-5-6(10-4)9-3-8-5/h2-3H,1H3,(H,7,8,9,10). The van der Waals surface area contributed by atoms with Gasteiger partial charge in [-0.25, -0.2) is 9.97 Å². The van der Waals surface area contributed by atoms with Gasteiger partial charge in [0.1, 0.15) is 0 Å². The molecule has 0 aromatic carbocycles. The van der Waals surface area contributed by atoms with E-state index in [2.05, 4.69) is 19.9 Å². The number of H-pyrrole nitrogens is 1. The molecule has 56 valence electrons. The maximum atomic E-state index is 4.87. The summed E-state index contributed by atoms with van der Waals surface area (Å²) >= 11 is 0. The molecular weight excluding hydrogens is 144 g/mol. The number of hydrogen-bond acceptors (Lipinski definition) is 4. The summed E-state index contributed by atoms with van der Waals surface area (Å²) in [6.45, 7) is 0. The van der Waals surface area contributed by atoms with Crippen LogP contribution in [0.5, 0.6) is 5.88 Å². The van der Waals surface area contributed by atoms with Crippen molar-refractivity contribution >= 4 is 11.3 Å². The molecule has 0 aliphatic heterocycles. The summed E-state index contributed by atoms with van der Waals surface area (Å²) < 4.78 is 4.87. The summed E-state index contributed by atoms with van der Waals surface area (Å²) in [5, 5.41) is 0. The Labute approximate surface area is 62.5 Å². The third-order valence-corrected chi connectivity index (χ3v) is 1.33. The molecule has 0 aliphatic carbocycles. The fourth-order valence-corrected chi connectivity index (χ4v) is 0.811. The molecule has 11 heavy (non-hydrogen) atoms. The van der Waals surface area contributed by atoms with E-state index < -0.39 is 0 Å². The Morgan fingerprint density at radius 3 is 3.18 bits per heavy atom. The van der Waals surface area contributed by atoms with E-state index in [4.69, 9.17) is 4.74 Å². The van der Waals surface area contributed by atoms with Crippen molar-refractivity contribution in [1.82, 2.24) is 19.9 Å². The van der Waals surface area contributed by atoms with Crippen LogP contribution in [-0.4, -0.2) is 27.0 Å². The van der Waals surface area contributed by atoms with Crippen molar-refractivity contribution in [2.45, 2.75) is 0 Å². The first-order chi connectivity index (χ1) is 5.40. The average molecular weight is 150 g/mol. The highest BCUT2D eigenvalue weighted by atomic mass is 16.5. The molecule has 5 nitrogen and oxygen atoms in total. The van der Waals surface area contributed by atoms with Gasteiger partial charge in [-0.05, 0) is 0 Å². The Balaban J connectivity index is 2.67. The van der Waals surface area contributed by atoms with Crippen molar-refractivity contribution in [1.29, 1.82) is 0 Å². The van der Waals surface area contributed by atoms with E-state index in [1.54, 1.807) is 13.4 Å². The second-order valence-corrected chi connectivity index (χ2v) is 1.99. The summed E-state index contributed by atoms with van der Waals surface area (Å²) in [7, 11) is 1.55. The lowest BCUT2D eigenvalue weighted by Gasteiger charge is -1.94. The minimum absolute atomic E-state index is 0.488. The zero-order valence-electron chi connectivity index (χ0n) is 5.90. The number of fused-ring (bicyclic) bond motifs is 1. The lowest BCUT2D eigenvalue weighted by Crippen LogP contribution is -1.89. The molecule has 0 saturated carbocycles. The van der Waals surface area contributed by atoms with Crippen molar-refractivity contribution in [2.75, 3.05) is 7.11 Å². The fourth-order valence-electron chi connectivity index (χ4n) is 0.811. The lowest BCUT2D eigenvalue weighted by molar-refractivity contribution is 0.397. The molecule has 0 unspecified atom stereocenters. The maximum Gasteiger partial charge on any atom is 0.234 e. The van der Waals surface area contributed by atoms with E-state index in [9.17, 15) is 0 Å². The summed E-state index contributed by atoms with van der Waals surface area (Å²) in [4.78, 5) is 14.8. The molecule has 2 aromatic rings. The zero-order valence-corrected chi connectivity index (χ0v) is 5.90. The van der Waals surface area contributed by atoms with Gasteiger partial charge >= 0.3 is 0 Å². The maximum absolute atomic E-state index is 4.87. The smallest absolute Gasteiger partial charge is 0.234 e. The van der Waals surface area contributed by atoms with Crippen LogP contribution in [0, 0.1) is 0 Å². The Kier molecular flexibility index (Phi) is 1.21. The highest BCUT2D eigenvalue weighted by molar-refractivity contribution is 5.64. The van der Waals surface area contributed by atoms with Crippen LogP contribution in [0.2, 0.25) is 0 Å². The van der Waals surface area contributed by atoms with Crippen LogP contribution in [0.3, 0.4) is 0 Å².